The van der Waals surface area contributed by atoms with E-state index in [9.17, 15) is 18.9 Å². The normalized spacial score (nSPS) is 16.4. The summed E-state index contributed by atoms with van der Waals surface area (Å²) in [6.07, 6.45) is 13.6. The third-order valence-corrected chi connectivity index (χ3v) is 10.2. The molecule has 2 atom stereocenters. The Morgan fingerprint density at radius 2 is 1.41 bits per heavy atom. The predicted octanol–water partition coefficient (Wildman–Crippen LogP) is 7.41. The van der Waals surface area contributed by atoms with Gasteiger partial charge in [-0.25, -0.2) is 0 Å². The molecule has 0 amide bonds. The Morgan fingerprint density at radius 3 is 1.90 bits per heavy atom. The van der Waals surface area contributed by atoms with E-state index in [1.165, 1.54) is 23.4 Å². The molecule has 7 heteroatoms. The first-order valence-corrected chi connectivity index (χ1v) is 14.4. The molecule has 0 spiro atoms. The van der Waals surface area contributed by atoms with Crippen LogP contribution in [-0.4, -0.2) is 28.5 Å². The highest BCUT2D eigenvalue weighted by Gasteiger charge is 2.41. The molecule has 0 saturated carbocycles. The molecule has 0 aliphatic carbocycles. The highest BCUT2D eigenvalue weighted by atomic mass is 31.2. The van der Waals surface area contributed by atoms with Crippen molar-refractivity contribution >= 4 is 15.0 Å². The van der Waals surface area contributed by atoms with Crippen molar-refractivity contribution in [3.05, 3.63) is 34.9 Å². The first-order chi connectivity index (χ1) is 13.4. The molecular formula is C22H42O5P2. The SMILES string of the molecule is CCOP(C)(=O)C(CCCCC=C(C)CCC=C(C)CCC=C(C)C)P(=O)(O)O. The summed E-state index contributed by atoms with van der Waals surface area (Å²) in [5.74, 6) is 0. The monoisotopic (exact) mass is 448 g/mol. The van der Waals surface area contributed by atoms with Crippen molar-refractivity contribution in [3.8, 4) is 0 Å². The van der Waals surface area contributed by atoms with Crippen molar-refractivity contribution in [3.63, 3.8) is 0 Å². The summed E-state index contributed by atoms with van der Waals surface area (Å²) < 4.78 is 29.3. The van der Waals surface area contributed by atoms with E-state index in [1.807, 2.05) is 0 Å². The molecular weight excluding hydrogens is 406 g/mol. The summed E-state index contributed by atoms with van der Waals surface area (Å²) in [7, 11) is -7.77. The molecule has 0 aliphatic heterocycles. The lowest BCUT2D eigenvalue weighted by Gasteiger charge is -2.24. The third kappa shape index (κ3) is 14.2. The van der Waals surface area contributed by atoms with Crippen LogP contribution in [0.2, 0.25) is 0 Å². The quantitative estimate of drug-likeness (QED) is 0.155. The fourth-order valence-corrected chi connectivity index (χ4v) is 7.42. The molecule has 5 nitrogen and oxygen atoms in total. The molecule has 0 aromatic heterocycles. The Morgan fingerprint density at radius 1 is 0.897 bits per heavy atom. The summed E-state index contributed by atoms with van der Waals surface area (Å²) in [5.41, 5.74) is 4.13. The minimum absolute atomic E-state index is 0.190. The second-order valence-electron chi connectivity index (χ2n) is 8.14. The van der Waals surface area contributed by atoms with Gasteiger partial charge in [0.05, 0.1) is 6.61 Å². The van der Waals surface area contributed by atoms with Gasteiger partial charge in [0.25, 0.3) is 0 Å². The predicted molar refractivity (Wildman–Crippen MR) is 125 cm³/mol. The third-order valence-electron chi connectivity index (χ3n) is 4.85. The maximum atomic E-state index is 12.5. The van der Waals surface area contributed by atoms with Gasteiger partial charge in [-0.1, -0.05) is 41.4 Å². The van der Waals surface area contributed by atoms with Crippen LogP contribution in [0, 0.1) is 0 Å². The Kier molecular flexibility index (Phi) is 14.3. The van der Waals surface area contributed by atoms with Crippen LogP contribution in [0.1, 0.15) is 86.0 Å². The van der Waals surface area contributed by atoms with Gasteiger partial charge in [-0.05, 0) is 79.6 Å². The molecule has 29 heavy (non-hydrogen) atoms. The number of hydrogen-bond donors (Lipinski definition) is 2. The minimum atomic E-state index is -4.45. The maximum Gasteiger partial charge on any atom is 0.338 e. The van der Waals surface area contributed by atoms with Gasteiger partial charge in [-0.15, -0.1) is 0 Å². The molecule has 0 fully saturated rings. The molecule has 0 radical (unpaired) electrons. The number of allylic oxidation sites excluding steroid dienone is 6. The van der Waals surface area contributed by atoms with Crippen molar-refractivity contribution in [2.24, 2.45) is 0 Å². The van der Waals surface area contributed by atoms with Crippen LogP contribution in [-0.2, 0) is 13.7 Å². The van der Waals surface area contributed by atoms with E-state index < -0.39 is 20.4 Å². The molecule has 170 valence electrons. The van der Waals surface area contributed by atoms with Crippen molar-refractivity contribution in [1.82, 2.24) is 0 Å². The van der Waals surface area contributed by atoms with E-state index in [4.69, 9.17) is 4.52 Å². The average molecular weight is 449 g/mol. The van der Waals surface area contributed by atoms with Crippen LogP contribution in [0.15, 0.2) is 34.9 Å². The average Bonchev–Trinajstić information content (AvgIpc) is 2.56. The van der Waals surface area contributed by atoms with E-state index in [1.54, 1.807) is 6.92 Å². The zero-order valence-electron chi connectivity index (χ0n) is 19.2. The zero-order chi connectivity index (χ0) is 22.5. The number of unbranched alkanes of at least 4 members (excludes halogenated alkanes) is 2. The van der Waals surface area contributed by atoms with Gasteiger partial charge in [0, 0.05) is 6.66 Å². The van der Waals surface area contributed by atoms with Crippen molar-refractivity contribution in [2.45, 2.75) is 91.4 Å². The largest absolute Gasteiger partial charge is 0.338 e. The topological polar surface area (TPSA) is 83.8 Å². The van der Waals surface area contributed by atoms with Crippen LogP contribution in [0.3, 0.4) is 0 Å². The van der Waals surface area contributed by atoms with Gasteiger partial charge in [0.1, 0.15) is 5.40 Å². The van der Waals surface area contributed by atoms with Crippen molar-refractivity contribution < 1.29 is 23.4 Å². The molecule has 0 aromatic rings. The summed E-state index contributed by atoms with van der Waals surface area (Å²) >= 11 is 0. The van der Waals surface area contributed by atoms with E-state index in [2.05, 4.69) is 45.9 Å². The van der Waals surface area contributed by atoms with E-state index in [0.29, 0.717) is 6.42 Å². The van der Waals surface area contributed by atoms with Crippen LogP contribution in [0.5, 0.6) is 0 Å². The summed E-state index contributed by atoms with van der Waals surface area (Å²) in [6.45, 7) is 11.8. The highest BCUT2D eigenvalue weighted by molar-refractivity contribution is 7.74. The molecule has 2 N–H and O–H groups in total. The molecule has 0 bridgehead atoms. The second-order valence-corrected chi connectivity index (χ2v) is 13.0. The molecule has 0 aromatic carbocycles. The van der Waals surface area contributed by atoms with Gasteiger partial charge < -0.3 is 14.3 Å². The van der Waals surface area contributed by atoms with Gasteiger partial charge in [-0.3, -0.25) is 9.13 Å². The van der Waals surface area contributed by atoms with Gasteiger partial charge in [0.2, 0.25) is 7.37 Å². The lowest BCUT2D eigenvalue weighted by Crippen LogP contribution is -2.11. The van der Waals surface area contributed by atoms with Crippen molar-refractivity contribution in [2.75, 3.05) is 13.3 Å². The lowest BCUT2D eigenvalue weighted by atomic mass is 10.1. The van der Waals surface area contributed by atoms with Gasteiger partial charge in [0.15, 0.2) is 0 Å². The van der Waals surface area contributed by atoms with E-state index in [0.717, 1.165) is 38.5 Å². The molecule has 2 unspecified atom stereocenters. The molecule has 0 rings (SSSR count). The fourth-order valence-electron chi connectivity index (χ4n) is 3.18. The number of rotatable bonds is 15. The van der Waals surface area contributed by atoms with E-state index in [-0.39, 0.29) is 13.0 Å². The van der Waals surface area contributed by atoms with Gasteiger partial charge >= 0.3 is 7.60 Å². The van der Waals surface area contributed by atoms with Crippen LogP contribution >= 0.6 is 15.0 Å². The molecule has 0 saturated heterocycles. The van der Waals surface area contributed by atoms with Crippen molar-refractivity contribution in [1.29, 1.82) is 0 Å². The zero-order valence-corrected chi connectivity index (χ0v) is 21.0. The van der Waals surface area contributed by atoms with Crippen LogP contribution < -0.4 is 0 Å². The standard InChI is InChI=1S/C22H42O5P2/c1-7-27-28(6,23)22(29(24,25)26)18-10-8-9-14-20(4)16-12-17-21(5)15-11-13-19(2)3/h13-14,17,22H,7-12,15-16,18H2,1-6H3,(H2,24,25,26). The fraction of sp³-hybridized carbons (Fsp3) is 0.727. The van der Waals surface area contributed by atoms with Crippen LogP contribution in [0.4, 0.5) is 0 Å². The smallest absolute Gasteiger partial charge is 0.328 e. The summed E-state index contributed by atoms with van der Waals surface area (Å²) in [4.78, 5) is 19.1. The Labute approximate surface area is 178 Å². The minimum Gasteiger partial charge on any atom is -0.328 e. The highest BCUT2D eigenvalue weighted by Crippen LogP contribution is 2.64. The first kappa shape index (κ1) is 28.6. The van der Waals surface area contributed by atoms with E-state index >= 15 is 0 Å². The molecule has 0 aliphatic rings. The molecule has 0 heterocycles. The Balaban J connectivity index is 4.33. The second kappa shape index (κ2) is 14.5. The maximum absolute atomic E-state index is 12.5. The number of hydrogen-bond acceptors (Lipinski definition) is 3. The first-order valence-electron chi connectivity index (χ1n) is 10.6. The lowest BCUT2D eigenvalue weighted by molar-refractivity contribution is 0.320. The van der Waals surface area contributed by atoms with Gasteiger partial charge in [-0.2, -0.15) is 0 Å². The Hall–Kier alpha value is -0.440. The summed E-state index contributed by atoms with van der Waals surface area (Å²) in [5, 5.41) is -1.19. The van der Waals surface area contributed by atoms with Crippen LogP contribution in [0.25, 0.3) is 0 Å². The Bertz CT molecular complexity index is 654. The summed E-state index contributed by atoms with van der Waals surface area (Å²) in [6, 6.07) is 0.